The number of tetrazole rings is 1. The second-order valence-corrected chi connectivity index (χ2v) is 9.84. The van der Waals surface area contributed by atoms with Crippen LogP contribution in [0.25, 0.3) is 10.9 Å². The summed E-state index contributed by atoms with van der Waals surface area (Å²) in [6.45, 7) is 4.59. The number of aromatic amines is 1. The molecule has 5 aromatic rings. The molecule has 0 saturated carbocycles. The van der Waals surface area contributed by atoms with Crippen molar-refractivity contribution in [2.45, 2.75) is 19.5 Å². The molecule has 8 nitrogen and oxygen atoms in total. The number of aryl methyl sites for hydroxylation is 1. The third kappa shape index (κ3) is 5.03. The second kappa shape index (κ2) is 10.4. The number of hydrogen-bond acceptors (Lipinski definition) is 6. The van der Waals surface area contributed by atoms with Gasteiger partial charge >= 0.3 is 0 Å². The molecule has 3 aromatic carbocycles. The topological polar surface area (TPSA) is 82.9 Å². The molecule has 0 bridgehead atoms. The number of para-hydroxylation sites is 1. The van der Waals surface area contributed by atoms with Crippen molar-refractivity contribution in [1.82, 2.24) is 30.1 Å². The van der Waals surface area contributed by atoms with E-state index < -0.39 is 6.04 Å². The first-order chi connectivity index (χ1) is 19.0. The van der Waals surface area contributed by atoms with Crippen LogP contribution in [0, 0.1) is 18.6 Å². The summed E-state index contributed by atoms with van der Waals surface area (Å²) in [5, 5.41) is 13.5. The maximum Gasteiger partial charge on any atom is 0.253 e. The van der Waals surface area contributed by atoms with E-state index in [0.29, 0.717) is 49.8 Å². The third-order valence-corrected chi connectivity index (χ3v) is 7.25. The van der Waals surface area contributed by atoms with Gasteiger partial charge in [-0.3, -0.25) is 9.69 Å². The van der Waals surface area contributed by atoms with Gasteiger partial charge in [-0.25, -0.2) is 13.5 Å². The largest absolute Gasteiger partial charge is 0.367 e. The van der Waals surface area contributed by atoms with Gasteiger partial charge in [-0.1, -0.05) is 35.9 Å². The minimum atomic E-state index is -0.545. The van der Waals surface area contributed by atoms with Crippen LogP contribution in [0.2, 0.25) is 0 Å². The minimum Gasteiger partial charge on any atom is -0.367 e. The Labute approximate surface area is 223 Å². The fraction of sp³-hybridized carbons (Fsp3) is 0.241. The van der Waals surface area contributed by atoms with Crippen molar-refractivity contribution >= 4 is 16.6 Å². The molecule has 0 amide bonds. The summed E-state index contributed by atoms with van der Waals surface area (Å²) in [6.07, 6.45) is 0. The van der Waals surface area contributed by atoms with Crippen molar-refractivity contribution < 1.29 is 8.78 Å². The first-order valence-electron chi connectivity index (χ1n) is 12.8. The zero-order valence-electron chi connectivity index (χ0n) is 21.4. The lowest BCUT2D eigenvalue weighted by atomic mass is 10.0. The number of hydrogen-bond donors (Lipinski definition) is 1. The summed E-state index contributed by atoms with van der Waals surface area (Å²) in [5.74, 6) is -0.0671. The van der Waals surface area contributed by atoms with E-state index in [4.69, 9.17) is 0 Å². The quantitative estimate of drug-likeness (QED) is 0.359. The highest BCUT2D eigenvalue weighted by atomic mass is 19.1. The Morgan fingerprint density at radius 3 is 2.49 bits per heavy atom. The number of pyridine rings is 1. The van der Waals surface area contributed by atoms with Crippen LogP contribution in [0.4, 0.5) is 14.5 Å². The molecule has 1 fully saturated rings. The zero-order valence-corrected chi connectivity index (χ0v) is 21.4. The van der Waals surface area contributed by atoms with E-state index >= 15 is 0 Å². The number of piperazine rings is 1. The number of aromatic nitrogens is 5. The molecule has 39 heavy (non-hydrogen) atoms. The molecule has 1 atom stereocenters. The molecule has 0 aliphatic carbocycles. The van der Waals surface area contributed by atoms with Crippen LogP contribution in [-0.2, 0) is 6.54 Å². The number of halogens is 2. The van der Waals surface area contributed by atoms with Gasteiger partial charge in [-0.15, -0.1) is 5.10 Å². The molecule has 0 unspecified atom stereocenters. The Kier molecular flexibility index (Phi) is 6.62. The van der Waals surface area contributed by atoms with Gasteiger partial charge < -0.3 is 9.88 Å². The van der Waals surface area contributed by atoms with Crippen LogP contribution >= 0.6 is 0 Å². The van der Waals surface area contributed by atoms with E-state index in [1.807, 2.05) is 42.2 Å². The predicted molar refractivity (Wildman–Crippen MR) is 145 cm³/mol. The van der Waals surface area contributed by atoms with E-state index in [1.165, 1.54) is 18.2 Å². The lowest BCUT2D eigenvalue weighted by Crippen LogP contribution is -2.49. The summed E-state index contributed by atoms with van der Waals surface area (Å²) >= 11 is 0. The first-order valence-corrected chi connectivity index (χ1v) is 12.8. The Hall–Kier alpha value is -4.44. The van der Waals surface area contributed by atoms with Crippen molar-refractivity contribution in [2.75, 3.05) is 31.1 Å². The molecule has 10 heteroatoms. The monoisotopic (exact) mass is 527 g/mol. The number of nitrogens with zero attached hydrogens (tertiary/aromatic N) is 6. The van der Waals surface area contributed by atoms with Gasteiger partial charge in [0.2, 0.25) is 0 Å². The normalized spacial score (nSPS) is 15.1. The van der Waals surface area contributed by atoms with Crippen molar-refractivity contribution in [3.63, 3.8) is 0 Å². The summed E-state index contributed by atoms with van der Waals surface area (Å²) in [5.41, 5.74) is 3.54. The number of anilines is 1. The van der Waals surface area contributed by atoms with Crippen molar-refractivity contribution in [3.8, 4) is 0 Å². The van der Waals surface area contributed by atoms with E-state index in [9.17, 15) is 13.6 Å². The van der Waals surface area contributed by atoms with E-state index in [1.54, 1.807) is 28.9 Å². The molecule has 1 saturated heterocycles. The second-order valence-electron chi connectivity index (χ2n) is 9.84. The Balaban J connectivity index is 1.39. The Morgan fingerprint density at radius 1 is 0.949 bits per heavy atom. The fourth-order valence-corrected chi connectivity index (χ4v) is 5.26. The van der Waals surface area contributed by atoms with E-state index in [2.05, 4.69) is 25.4 Å². The summed E-state index contributed by atoms with van der Waals surface area (Å²) in [4.78, 5) is 20.7. The Bertz CT molecular complexity index is 1670. The van der Waals surface area contributed by atoms with Crippen LogP contribution in [0.5, 0.6) is 0 Å². The minimum absolute atomic E-state index is 0.218. The molecule has 1 aliphatic rings. The highest BCUT2D eigenvalue weighted by molar-refractivity contribution is 5.79. The first kappa shape index (κ1) is 24.9. The lowest BCUT2D eigenvalue weighted by molar-refractivity contribution is 0.200. The number of nitrogens with one attached hydrogen (secondary N) is 1. The molecule has 0 radical (unpaired) electrons. The highest BCUT2D eigenvalue weighted by Gasteiger charge is 2.33. The number of fused-ring (bicyclic) bond motifs is 1. The van der Waals surface area contributed by atoms with Gasteiger partial charge in [0.25, 0.3) is 5.56 Å². The molecule has 1 aliphatic heterocycles. The standard InChI is InChI=1S/C29H27F2N7O/c1-19-6-11-25-21(16-19)17-23(29(39)32-25)27(28-33-34-35-38(28)18-20-7-9-22(30)10-8-20)37-14-12-36(13-15-37)26-5-3-2-4-24(26)31/h2-11,16-17,27H,12-15,18H2,1H3,(H,32,39)/t27-/m0/s1. The zero-order chi connectivity index (χ0) is 26.9. The van der Waals surface area contributed by atoms with Gasteiger partial charge in [0, 0.05) is 37.3 Å². The lowest BCUT2D eigenvalue weighted by Gasteiger charge is -2.39. The average Bonchev–Trinajstić information content (AvgIpc) is 3.39. The Morgan fingerprint density at radius 2 is 1.72 bits per heavy atom. The average molecular weight is 528 g/mol. The molecular formula is C29H27F2N7O. The maximum atomic E-state index is 14.5. The molecule has 198 valence electrons. The van der Waals surface area contributed by atoms with Crippen LogP contribution in [0.1, 0.15) is 28.6 Å². The van der Waals surface area contributed by atoms with E-state index in [-0.39, 0.29) is 17.2 Å². The van der Waals surface area contributed by atoms with Crippen LogP contribution in [-0.4, -0.2) is 56.3 Å². The number of rotatable bonds is 6. The van der Waals surface area contributed by atoms with Crippen LogP contribution < -0.4 is 10.5 Å². The molecule has 3 heterocycles. The summed E-state index contributed by atoms with van der Waals surface area (Å²) in [7, 11) is 0. The number of H-pyrrole nitrogens is 1. The van der Waals surface area contributed by atoms with Gasteiger partial charge in [0.05, 0.1) is 12.2 Å². The molecule has 2 aromatic heterocycles. The van der Waals surface area contributed by atoms with Crippen molar-refractivity contribution in [3.05, 3.63) is 117 Å². The summed E-state index contributed by atoms with van der Waals surface area (Å²) in [6, 6.07) is 20.2. The fourth-order valence-electron chi connectivity index (χ4n) is 5.26. The van der Waals surface area contributed by atoms with Gasteiger partial charge in [0.15, 0.2) is 5.82 Å². The predicted octanol–water partition coefficient (Wildman–Crippen LogP) is 4.06. The van der Waals surface area contributed by atoms with Crippen molar-refractivity contribution in [1.29, 1.82) is 0 Å². The van der Waals surface area contributed by atoms with Gasteiger partial charge in [0.1, 0.15) is 17.7 Å². The van der Waals surface area contributed by atoms with E-state index in [0.717, 1.165) is 22.0 Å². The van der Waals surface area contributed by atoms with Gasteiger partial charge in [-0.05, 0) is 70.8 Å². The molecule has 6 rings (SSSR count). The molecular weight excluding hydrogens is 500 g/mol. The molecule has 1 N–H and O–H groups in total. The van der Waals surface area contributed by atoms with Gasteiger partial charge in [-0.2, -0.15) is 0 Å². The third-order valence-electron chi connectivity index (χ3n) is 7.25. The number of benzene rings is 3. The smallest absolute Gasteiger partial charge is 0.253 e. The molecule has 0 spiro atoms. The van der Waals surface area contributed by atoms with Crippen LogP contribution in [0.3, 0.4) is 0 Å². The summed E-state index contributed by atoms with van der Waals surface area (Å²) < 4.78 is 29.6. The van der Waals surface area contributed by atoms with Crippen molar-refractivity contribution in [2.24, 2.45) is 0 Å². The van der Waals surface area contributed by atoms with Crippen LogP contribution in [0.15, 0.2) is 77.6 Å². The SMILES string of the molecule is Cc1ccc2[nH]c(=O)c([C@@H](c3nnnn3Cc3ccc(F)cc3)N3CCN(c4ccccc4F)CC3)cc2c1. The highest BCUT2D eigenvalue weighted by Crippen LogP contribution is 2.30. The maximum absolute atomic E-state index is 14.5.